The quantitative estimate of drug-likeness (QED) is 0.854. The van der Waals surface area contributed by atoms with E-state index in [1.807, 2.05) is 37.3 Å². The van der Waals surface area contributed by atoms with Crippen molar-refractivity contribution >= 4 is 15.6 Å². The number of sulfone groups is 1. The van der Waals surface area contributed by atoms with Crippen LogP contribution in [0.5, 0.6) is 5.75 Å². The van der Waals surface area contributed by atoms with Crippen LogP contribution in [0.25, 0.3) is 0 Å². The van der Waals surface area contributed by atoms with Crippen LogP contribution in [0.15, 0.2) is 53.4 Å². The first-order valence-electron chi connectivity index (χ1n) is 6.89. The zero-order valence-corrected chi connectivity index (χ0v) is 13.2. The van der Waals surface area contributed by atoms with Crippen LogP contribution >= 0.6 is 0 Å². The molecule has 0 aliphatic carbocycles. The van der Waals surface area contributed by atoms with Crippen molar-refractivity contribution in [1.29, 1.82) is 0 Å². The maximum Gasteiger partial charge on any atom is 0.180 e. The van der Waals surface area contributed by atoms with Gasteiger partial charge in [-0.3, -0.25) is 4.79 Å². The fourth-order valence-electron chi connectivity index (χ4n) is 2.65. The van der Waals surface area contributed by atoms with Crippen molar-refractivity contribution in [2.24, 2.45) is 0 Å². The lowest BCUT2D eigenvalue weighted by molar-refractivity contribution is 0.0791. The second-order valence-corrected chi connectivity index (χ2v) is 7.76. The normalized spacial score (nSPS) is 21.1. The fourth-order valence-corrected chi connectivity index (χ4v) is 3.30. The van der Waals surface area contributed by atoms with Crippen LogP contribution in [0, 0.1) is 0 Å². The molecule has 0 aromatic heterocycles. The number of hydrogen-bond donors (Lipinski definition) is 0. The Labute approximate surface area is 129 Å². The summed E-state index contributed by atoms with van der Waals surface area (Å²) in [6, 6.07) is 13.8. The zero-order valence-electron chi connectivity index (χ0n) is 12.4. The summed E-state index contributed by atoms with van der Waals surface area (Å²) < 4.78 is 29.1. The van der Waals surface area contributed by atoms with E-state index in [2.05, 4.69) is 0 Å². The van der Waals surface area contributed by atoms with Crippen molar-refractivity contribution in [2.75, 3.05) is 12.9 Å². The number of carbonyl (C=O) groups excluding carboxylic acids is 1. The largest absolute Gasteiger partial charge is 0.491 e. The Morgan fingerprint density at radius 2 is 1.77 bits per heavy atom. The molecule has 1 aliphatic heterocycles. The van der Waals surface area contributed by atoms with Crippen molar-refractivity contribution in [3.8, 4) is 5.75 Å². The first-order valence-corrected chi connectivity index (χ1v) is 8.79. The highest BCUT2D eigenvalue weighted by Gasteiger charge is 2.41. The van der Waals surface area contributed by atoms with E-state index in [0.717, 1.165) is 11.8 Å². The van der Waals surface area contributed by atoms with Crippen molar-refractivity contribution in [2.45, 2.75) is 17.2 Å². The minimum Gasteiger partial charge on any atom is -0.491 e. The first-order chi connectivity index (χ1) is 10.3. The highest BCUT2D eigenvalue weighted by atomic mass is 32.2. The van der Waals surface area contributed by atoms with Crippen LogP contribution in [0.3, 0.4) is 0 Å². The molecular weight excluding hydrogens is 300 g/mol. The highest BCUT2D eigenvalue weighted by Crippen LogP contribution is 2.37. The first kappa shape index (κ1) is 14.8. The molecule has 0 N–H and O–H groups in total. The number of fused-ring (bicyclic) bond motifs is 1. The SMILES string of the molecule is C[C@]1(c2ccccc2)COc2ccc(S(C)(=O)=O)cc2C1=O. The second kappa shape index (κ2) is 4.95. The van der Waals surface area contributed by atoms with Crippen LogP contribution in [0.2, 0.25) is 0 Å². The molecule has 2 aromatic carbocycles. The Morgan fingerprint density at radius 3 is 2.41 bits per heavy atom. The number of rotatable bonds is 2. The average molecular weight is 316 g/mol. The molecule has 1 heterocycles. The summed E-state index contributed by atoms with van der Waals surface area (Å²) in [5, 5.41) is 0. The predicted molar refractivity (Wildman–Crippen MR) is 83.2 cm³/mol. The summed E-state index contributed by atoms with van der Waals surface area (Å²) in [4.78, 5) is 13.1. The van der Waals surface area contributed by atoms with Gasteiger partial charge in [0.05, 0.1) is 15.9 Å². The summed E-state index contributed by atoms with van der Waals surface area (Å²) in [7, 11) is -3.37. The molecule has 22 heavy (non-hydrogen) atoms. The number of ether oxygens (including phenoxy) is 1. The molecule has 0 bridgehead atoms. The molecule has 0 saturated carbocycles. The highest BCUT2D eigenvalue weighted by molar-refractivity contribution is 7.90. The van der Waals surface area contributed by atoms with Gasteiger partial charge < -0.3 is 4.74 Å². The van der Waals surface area contributed by atoms with E-state index in [0.29, 0.717) is 11.3 Å². The molecule has 2 aromatic rings. The van der Waals surface area contributed by atoms with Crippen LogP contribution in [-0.4, -0.2) is 27.1 Å². The summed E-state index contributed by atoms with van der Waals surface area (Å²) >= 11 is 0. The fraction of sp³-hybridized carbons (Fsp3) is 0.235. The molecule has 0 fully saturated rings. The Bertz CT molecular complexity index is 840. The van der Waals surface area contributed by atoms with E-state index in [1.165, 1.54) is 12.1 Å². The molecule has 1 aliphatic rings. The van der Waals surface area contributed by atoms with Crippen LogP contribution in [0.4, 0.5) is 0 Å². The van der Waals surface area contributed by atoms with Gasteiger partial charge in [-0.15, -0.1) is 0 Å². The van der Waals surface area contributed by atoms with E-state index in [9.17, 15) is 13.2 Å². The molecule has 114 valence electrons. The van der Waals surface area contributed by atoms with Crippen LogP contribution < -0.4 is 4.74 Å². The zero-order chi connectivity index (χ0) is 16.0. The summed E-state index contributed by atoms with van der Waals surface area (Å²) in [5.74, 6) is 0.316. The molecule has 0 radical (unpaired) electrons. The average Bonchev–Trinajstić information content (AvgIpc) is 2.51. The van der Waals surface area contributed by atoms with E-state index in [-0.39, 0.29) is 17.3 Å². The third-order valence-corrected chi connectivity index (χ3v) is 5.16. The lowest BCUT2D eigenvalue weighted by Gasteiger charge is -2.33. The smallest absolute Gasteiger partial charge is 0.180 e. The summed E-state index contributed by atoms with van der Waals surface area (Å²) in [6.07, 6.45) is 1.12. The van der Waals surface area contributed by atoms with Gasteiger partial charge >= 0.3 is 0 Å². The van der Waals surface area contributed by atoms with Crippen molar-refractivity contribution in [3.63, 3.8) is 0 Å². The van der Waals surface area contributed by atoms with Gasteiger partial charge in [0, 0.05) is 6.26 Å². The van der Waals surface area contributed by atoms with E-state index >= 15 is 0 Å². The van der Waals surface area contributed by atoms with E-state index < -0.39 is 15.3 Å². The Morgan fingerprint density at radius 1 is 1.09 bits per heavy atom. The van der Waals surface area contributed by atoms with Gasteiger partial charge in [0.1, 0.15) is 12.4 Å². The van der Waals surface area contributed by atoms with Gasteiger partial charge in [-0.1, -0.05) is 30.3 Å². The van der Waals surface area contributed by atoms with Crippen LogP contribution in [0.1, 0.15) is 22.8 Å². The van der Waals surface area contributed by atoms with Gasteiger partial charge in [0.15, 0.2) is 15.6 Å². The third kappa shape index (κ3) is 2.31. The van der Waals surface area contributed by atoms with Crippen molar-refractivity contribution < 1.29 is 17.9 Å². The van der Waals surface area contributed by atoms with Gasteiger partial charge in [0.2, 0.25) is 0 Å². The molecule has 4 nitrogen and oxygen atoms in total. The molecule has 5 heteroatoms. The summed E-state index contributed by atoms with van der Waals surface area (Å²) in [5.41, 5.74) is 0.362. The lowest BCUT2D eigenvalue weighted by Crippen LogP contribution is -2.42. The van der Waals surface area contributed by atoms with E-state index in [1.54, 1.807) is 6.07 Å². The van der Waals surface area contributed by atoms with Gasteiger partial charge in [-0.25, -0.2) is 8.42 Å². The monoisotopic (exact) mass is 316 g/mol. The van der Waals surface area contributed by atoms with E-state index in [4.69, 9.17) is 4.74 Å². The molecule has 0 unspecified atom stereocenters. The van der Waals surface area contributed by atoms with Gasteiger partial charge in [0.25, 0.3) is 0 Å². The maximum absolute atomic E-state index is 12.9. The Kier molecular flexibility index (Phi) is 3.33. The minimum absolute atomic E-state index is 0.120. The van der Waals surface area contributed by atoms with Crippen molar-refractivity contribution in [3.05, 3.63) is 59.7 Å². The maximum atomic E-state index is 12.9. The Hall–Kier alpha value is -2.14. The third-order valence-electron chi connectivity index (χ3n) is 4.05. The van der Waals surface area contributed by atoms with Crippen molar-refractivity contribution in [1.82, 2.24) is 0 Å². The summed E-state index contributed by atoms with van der Waals surface area (Å²) in [6.45, 7) is 2.06. The molecular formula is C17H16O4S. The lowest BCUT2D eigenvalue weighted by atomic mass is 9.75. The van der Waals surface area contributed by atoms with Gasteiger partial charge in [-0.2, -0.15) is 0 Å². The van der Waals surface area contributed by atoms with Gasteiger partial charge in [-0.05, 0) is 30.7 Å². The standard InChI is InChI=1S/C17H16O4S/c1-17(12-6-4-3-5-7-12)11-21-15-9-8-13(22(2,19)20)10-14(15)16(17)18/h3-10H,11H2,1-2H3/t17-/m1/s1. The number of benzene rings is 2. The molecule has 1 atom stereocenters. The number of ketones is 1. The Balaban J connectivity index is 2.13. The topological polar surface area (TPSA) is 60.4 Å². The molecule has 3 rings (SSSR count). The minimum atomic E-state index is -3.37. The van der Waals surface area contributed by atoms with Crippen LogP contribution in [-0.2, 0) is 15.3 Å². The predicted octanol–water partition coefficient (Wildman–Crippen LogP) is 2.62. The molecule has 0 spiro atoms. The molecule has 0 saturated heterocycles. The number of carbonyl (C=O) groups is 1. The second-order valence-electron chi connectivity index (χ2n) is 5.75. The number of Topliss-reactive ketones (excluding diaryl/α,β-unsaturated/α-hetero) is 1. The molecule has 0 amide bonds. The number of hydrogen-bond acceptors (Lipinski definition) is 4.